The molecular formula is C12H24N2O3. The van der Waals surface area contributed by atoms with E-state index < -0.39 is 17.7 Å². The molecule has 0 spiro atoms. The number of alkyl carbamates (subject to hydrolysis) is 1. The monoisotopic (exact) mass is 244 g/mol. The summed E-state index contributed by atoms with van der Waals surface area (Å²) < 4.78 is 5.13. The Bertz CT molecular complexity index is 271. The largest absolute Gasteiger partial charge is 0.444 e. The quantitative estimate of drug-likeness (QED) is 0.790. The summed E-state index contributed by atoms with van der Waals surface area (Å²) in [6.45, 7) is 9.23. The molecule has 0 fully saturated rings. The number of carbonyl (C=O) groups excluding carboxylic acids is 2. The topological polar surface area (TPSA) is 67.4 Å². The van der Waals surface area contributed by atoms with Crippen LogP contribution >= 0.6 is 0 Å². The first-order valence-electron chi connectivity index (χ1n) is 5.92. The molecule has 0 aromatic heterocycles. The number of ether oxygens (including phenoxy) is 1. The Morgan fingerprint density at radius 2 is 1.82 bits per heavy atom. The molecule has 0 heterocycles. The molecule has 5 heteroatoms. The molecule has 2 atom stereocenters. The van der Waals surface area contributed by atoms with E-state index in [1.165, 1.54) is 0 Å². The molecule has 0 saturated heterocycles. The highest BCUT2D eigenvalue weighted by atomic mass is 16.6. The zero-order chi connectivity index (χ0) is 13.6. The first-order chi connectivity index (χ1) is 7.71. The van der Waals surface area contributed by atoms with Crippen LogP contribution in [0.4, 0.5) is 4.79 Å². The van der Waals surface area contributed by atoms with Gasteiger partial charge in [-0.2, -0.15) is 0 Å². The molecule has 0 unspecified atom stereocenters. The Balaban J connectivity index is 4.54. The van der Waals surface area contributed by atoms with Crippen molar-refractivity contribution in [2.75, 3.05) is 7.05 Å². The fourth-order valence-electron chi connectivity index (χ4n) is 1.29. The van der Waals surface area contributed by atoms with E-state index in [-0.39, 0.29) is 11.8 Å². The molecule has 0 aliphatic heterocycles. The van der Waals surface area contributed by atoms with E-state index in [4.69, 9.17) is 4.74 Å². The molecule has 0 rings (SSSR count). The molecule has 0 aliphatic carbocycles. The lowest BCUT2D eigenvalue weighted by Gasteiger charge is -2.25. The summed E-state index contributed by atoms with van der Waals surface area (Å²) in [6.07, 6.45) is 0.236. The standard InChI is InChI=1S/C12H24N2O3/c1-7-8(2)9(10(15)13-6)14-11(16)17-12(3,4)5/h8-9H,7H2,1-6H3,(H,13,15)(H,14,16)/t8-,9-/m0/s1. The fourth-order valence-corrected chi connectivity index (χ4v) is 1.29. The van der Waals surface area contributed by atoms with Gasteiger partial charge in [0, 0.05) is 7.05 Å². The van der Waals surface area contributed by atoms with Crippen LogP contribution in [0.15, 0.2) is 0 Å². The number of carbonyl (C=O) groups is 2. The minimum atomic E-state index is -0.564. The van der Waals surface area contributed by atoms with Crippen molar-refractivity contribution in [1.29, 1.82) is 0 Å². The van der Waals surface area contributed by atoms with Gasteiger partial charge in [0.1, 0.15) is 11.6 Å². The Kier molecular flexibility index (Phi) is 5.99. The summed E-state index contributed by atoms with van der Waals surface area (Å²) in [5.74, 6) is -0.146. The highest BCUT2D eigenvalue weighted by Crippen LogP contribution is 2.11. The van der Waals surface area contributed by atoms with Crippen LogP contribution in [0.25, 0.3) is 0 Å². The highest BCUT2D eigenvalue weighted by Gasteiger charge is 2.27. The van der Waals surface area contributed by atoms with Crippen LogP contribution in [-0.2, 0) is 9.53 Å². The van der Waals surface area contributed by atoms with Crippen molar-refractivity contribution in [3.8, 4) is 0 Å². The van der Waals surface area contributed by atoms with E-state index in [9.17, 15) is 9.59 Å². The molecule has 0 bridgehead atoms. The van der Waals surface area contributed by atoms with E-state index in [2.05, 4.69) is 10.6 Å². The number of amides is 2. The Labute approximate surface area is 103 Å². The Morgan fingerprint density at radius 1 is 1.29 bits per heavy atom. The second-order valence-electron chi connectivity index (χ2n) is 5.12. The zero-order valence-corrected chi connectivity index (χ0v) is 11.6. The van der Waals surface area contributed by atoms with E-state index in [0.29, 0.717) is 0 Å². The van der Waals surface area contributed by atoms with Crippen LogP contribution in [0.1, 0.15) is 41.0 Å². The summed E-state index contributed by atoms with van der Waals surface area (Å²) in [5.41, 5.74) is -0.563. The molecule has 17 heavy (non-hydrogen) atoms. The van der Waals surface area contributed by atoms with Crippen molar-refractivity contribution in [3.63, 3.8) is 0 Å². The molecule has 0 aromatic rings. The molecule has 5 nitrogen and oxygen atoms in total. The zero-order valence-electron chi connectivity index (χ0n) is 11.6. The van der Waals surface area contributed by atoms with Crippen molar-refractivity contribution < 1.29 is 14.3 Å². The van der Waals surface area contributed by atoms with Gasteiger partial charge in [-0.05, 0) is 26.7 Å². The third-order valence-electron chi connectivity index (χ3n) is 2.41. The van der Waals surface area contributed by atoms with E-state index in [1.807, 2.05) is 13.8 Å². The number of likely N-dealkylation sites (N-methyl/N-ethyl adjacent to an activating group) is 1. The van der Waals surface area contributed by atoms with Crippen LogP contribution < -0.4 is 10.6 Å². The predicted molar refractivity (Wildman–Crippen MR) is 66.7 cm³/mol. The molecule has 0 saturated carbocycles. The molecule has 2 N–H and O–H groups in total. The maximum absolute atomic E-state index is 11.6. The van der Waals surface area contributed by atoms with Crippen molar-refractivity contribution >= 4 is 12.0 Å². The van der Waals surface area contributed by atoms with Crippen LogP contribution in [-0.4, -0.2) is 30.7 Å². The SMILES string of the molecule is CC[C@H](C)[C@H](NC(=O)OC(C)(C)C)C(=O)NC. The van der Waals surface area contributed by atoms with Crippen LogP contribution in [0.3, 0.4) is 0 Å². The summed E-state index contributed by atoms with van der Waals surface area (Å²) in [6, 6.07) is -0.556. The van der Waals surface area contributed by atoms with E-state index in [1.54, 1.807) is 27.8 Å². The minimum absolute atomic E-state index is 0.0578. The third-order valence-corrected chi connectivity index (χ3v) is 2.41. The summed E-state index contributed by atoms with van der Waals surface area (Å²) >= 11 is 0. The number of hydrogen-bond acceptors (Lipinski definition) is 3. The smallest absolute Gasteiger partial charge is 0.408 e. The average Bonchev–Trinajstić information content (AvgIpc) is 2.21. The first-order valence-corrected chi connectivity index (χ1v) is 5.92. The number of nitrogens with one attached hydrogen (secondary N) is 2. The lowest BCUT2D eigenvalue weighted by molar-refractivity contribution is -0.123. The van der Waals surface area contributed by atoms with Gasteiger partial charge < -0.3 is 15.4 Å². The van der Waals surface area contributed by atoms with Gasteiger partial charge >= 0.3 is 6.09 Å². The first kappa shape index (κ1) is 15.7. The third kappa shape index (κ3) is 6.14. The second kappa shape index (κ2) is 6.47. The highest BCUT2D eigenvalue weighted by molar-refractivity contribution is 5.85. The van der Waals surface area contributed by atoms with Gasteiger partial charge in [0.25, 0.3) is 0 Å². The van der Waals surface area contributed by atoms with Gasteiger partial charge in [-0.15, -0.1) is 0 Å². The lowest BCUT2D eigenvalue weighted by Crippen LogP contribution is -2.50. The fraction of sp³-hybridized carbons (Fsp3) is 0.833. The average molecular weight is 244 g/mol. The van der Waals surface area contributed by atoms with Crippen molar-refractivity contribution in [3.05, 3.63) is 0 Å². The van der Waals surface area contributed by atoms with Gasteiger partial charge in [-0.1, -0.05) is 20.3 Å². The number of hydrogen-bond donors (Lipinski definition) is 2. The van der Waals surface area contributed by atoms with Crippen LogP contribution in [0, 0.1) is 5.92 Å². The van der Waals surface area contributed by atoms with Crippen LogP contribution in [0.2, 0.25) is 0 Å². The number of rotatable bonds is 4. The normalized spacial score (nSPS) is 14.7. The maximum Gasteiger partial charge on any atom is 0.408 e. The van der Waals surface area contributed by atoms with E-state index in [0.717, 1.165) is 6.42 Å². The summed E-state index contributed by atoms with van der Waals surface area (Å²) in [7, 11) is 1.55. The van der Waals surface area contributed by atoms with Crippen molar-refractivity contribution in [1.82, 2.24) is 10.6 Å². The van der Waals surface area contributed by atoms with Gasteiger partial charge in [0.15, 0.2) is 0 Å². The molecule has 2 amide bonds. The Morgan fingerprint density at radius 3 is 2.18 bits per heavy atom. The molecule has 100 valence electrons. The van der Waals surface area contributed by atoms with Crippen molar-refractivity contribution in [2.24, 2.45) is 5.92 Å². The summed E-state index contributed by atoms with van der Waals surface area (Å²) in [5, 5.41) is 5.14. The molecular weight excluding hydrogens is 220 g/mol. The minimum Gasteiger partial charge on any atom is -0.444 e. The molecule has 0 aromatic carbocycles. The van der Waals surface area contributed by atoms with Gasteiger partial charge in [-0.3, -0.25) is 4.79 Å². The van der Waals surface area contributed by atoms with Crippen LogP contribution in [0.5, 0.6) is 0 Å². The Hall–Kier alpha value is -1.26. The van der Waals surface area contributed by atoms with E-state index >= 15 is 0 Å². The van der Waals surface area contributed by atoms with Crippen molar-refractivity contribution in [2.45, 2.75) is 52.7 Å². The lowest BCUT2D eigenvalue weighted by atomic mass is 9.98. The predicted octanol–water partition coefficient (Wildman–Crippen LogP) is 1.67. The van der Waals surface area contributed by atoms with Gasteiger partial charge in [-0.25, -0.2) is 4.79 Å². The maximum atomic E-state index is 11.6. The molecule has 0 radical (unpaired) electrons. The van der Waals surface area contributed by atoms with Gasteiger partial charge in [0.2, 0.25) is 5.91 Å². The molecule has 0 aliphatic rings. The van der Waals surface area contributed by atoms with Gasteiger partial charge in [0.05, 0.1) is 0 Å². The second-order valence-corrected chi connectivity index (χ2v) is 5.12. The summed E-state index contributed by atoms with van der Waals surface area (Å²) in [4.78, 5) is 23.2.